The minimum Gasteiger partial charge on any atom is -0.326 e. The zero-order valence-electron chi connectivity index (χ0n) is 14.1. The molecule has 0 spiro atoms. The number of aromatic nitrogens is 2. The SMILES string of the molecule is CC(=O)Nc1ccccc1C=c1[nH]c(=O)c(=Cc2ccccc2)[nH]c1=O. The lowest BCUT2D eigenvalue weighted by atomic mass is 10.1. The van der Waals surface area contributed by atoms with E-state index < -0.39 is 11.1 Å². The van der Waals surface area contributed by atoms with Crippen molar-refractivity contribution in [1.29, 1.82) is 0 Å². The highest BCUT2D eigenvalue weighted by Crippen LogP contribution is 2.15. The second kappa shape index (κ2) is 7.48. The molecule has 0 unspecified atom stereocenters. The van der Waals surface area contributed by atoms with Gasteiger partial charge in [0.2, 0.25) is 5.91 Å². The van der Waals surface area contributed by atoms with E-state index in [0.29, 0.717) is 11.3 Å². The third-order valence-electron chi connectivity index (χ3n) is 3.67. The van der Waals surface area contributed by atoms with E-state index in [1.165, 1.54) is 13.0 Å². The van der Waals surface area contributed by atoms with Crippen LogP contribution in [0.25, 0.3) is 12.2 Å². The van der Waals surface area contributed by atoms with Crippen LogP contribution in [0.4, 0.5) is 5.69 Å². The molecular weight excluding hydrogens is 330 g/mol. The first-order chi connectivity index (χ1) is 12.5. The molecule has 0 saturated heterocycles. The van der Waals surface area contributed by atoms with Gasteiger partial charge in [0.1, 0.15) is 10.7 Å². The summed E-state index contributed by atoms with van der Waals surface area (Å²) < 4.78 is 0. The number of H-pyrrole nitrogens is 2. The Bertz CT molecular complexity index is 1180. The molecule has 0 radical (unpaired) electrons. The Kier molecular flexibility index (Phi) is 4.94. The van der Waals surface area contributed by atoms with Crippen LogP contribution >= 0.6 is 0 Å². The van der Waals surface area contributed by atoms with Gasteiger partial charge in [-0.25, -0.2) is 0 Å². The number of para-hydroxylation sites is 1. The number of carbonyl (C=O) groups excluding carboxylic acids is 1. The van der Waals surface area contributed by atoms with Gasteiger partial charge in [-0.3, -0.25) is 14.4 Å². The second-order valence-electron chi connectivity index (χ2n) is 5.70. The highest BCUT2D eigenvalue weighted by molar-refractivity contribution is 5.91. The number of amides is 1. The van der Waals surface area contributed by atoms with Crippen LogP contribution in [0, 0.1) is 0 Å². The standard InChI is InChI=1S/C20H17N3O3/c1-13(24)21-16-10-6-5-9-15(16)12-18-20(26)22-17(19(25)23-18)11-14-7-3-2-4-8-14/h2-12H,1H3,(H,21,24)(H,22,26)(H,23,25). The summed E-state index contributed by atoms with van der Waals surface area (Å²) in [7, 11) is 0. The van der Waals surface area contributed by atoms with E-state index in [1.807, 2.05) is 30.3 Å². The van der Waals surface area contributed by atoms with Crippen molar-refractivity contribution in [3.63, 3.8) is 0 Å². The van der Waals surface area contributed by atoms with Crippen molar-refractivity contribution >= 4 is 23.7 Å². The minimum absolute atomic E-state index is 0.109. The van der Waals surface area contributed by atoms with Crippen LogP contribution in [0.5, 0.6) is 0 Å². The molecule has 0 bridgehead atoms. The molecule has 1 aromatic heterocycles. The summed E-state index contributed by atoms with van der Waals surface area (Å²) in [5.41, 5.74) is 1.14. The van der Waals surface area contributed by atoms with Crippen LogP contribution in [0.2, 0.25) is 0 Å². The number of hydrogen-bond acceptors (Lipinski definition) is 3. The fourth-order valence-corrected chi connectivity index (χ4v) is 2.49. The van der Waals surface area contributed by atoms with Crippen LogP contribution < -0.4 is 27.1 Å². The van der Waals surface area contributed by atoms with Crippen LogP contribution in [-0.2, 0) is 4.79 Å². The fraction of sp³-hybridized carbons (Fsp3) is 0.0500. The summed E-state index contributed by atoms with van der Waals surface area (Å²) in [4.78, 5) is 41.2. The van der Waals surface area contributed by atoms with E-state index in [9.17, 15) is 14.4 Å². The van der Waals surface area contributed by atoms with Crippen molar-refractivity contribution in [2.45, 2.75) is 6.92 Å². The maximum Gasteiger partial charge on any atom is 0.272 e. The van der Waals surface area contributed by atoms with Gasteiger partial charge in [0, 0.05) is 18.2 Å². The van der Waals surface area contributed by atoms with Crippen LogP contribution in [-0.4, -0.2) is 15.9 Å². The van der Waals surface area contributed by atoms with E-state index >= 15 is 0 Å². The third kappa shape index (κ3) is 4.05. The number of anilines is 1. The topological polar surface area (TPSA) is 94.8 Å². The number of nitrogens with one attached hydrogen (secondary N) is 3. The molecule has 26 heavy (non-hydrogen) atoms. The Morgan fingerprint density at radius 2 is 1.42 bits per heavy atom. The molecule has 0 atom stereocenters. The molecule has 3 N–H and O–H groups in total. The Hall–Kier alpha value is -3.67. The van der Waals surface area contributed by atoms with Gasteiger partial charge in [-0.05, 0) is 23.8 Å². The van der Waals surface area contributed by atoms with Crippen LogP contribution in [0.3, 0.4) is 0 Å². The van der Waals surface area contributed by atoms with Crippen molar-refractivity contribution in [2.75, 3.05) is 5.32 Å². The number of carbonyl (C=O) groups is 1. The molecule has 0 aliphatic heterocycles. The van der Waals surface area contributed by atoms with Crippen LogP contribution in [0.15, 0.2) is 64.2 Å². The first-order valence-corrected chi connectivity index (χ1v) is 8.01. The third-order valence-corrected chi connectivity index (χ3v) is 3.67. The van der Waals surface area contributed by atoms with E-state index in [4.69, 9.17) is 0 Å². The summed E-state index contributed by atoms with van der Waals surface area (Å²) in [6, 6.07) is 16.2. The highest BCUT2D eigenvalue weighted by atomic mass is 16.1. The van der Waals surface area contributed by atoms with Gasteiger partial charge in [0.25, 0.3) is 11.1 Å². The maximum atomic E-state index is 12.4. The van der Waals surface area contributed by atoms with E-state index in [0.717, 1.165) is 5.56 Å². The lowest BCUT2D eigenvalue weighted by Gasteiger charge is -2.05. The Morgan fingerprint density at radius 1 is 0.846 bits per heavy atom. The van der Waals surface area contributed by atoms with Crippen molar-refractivity contribution in [2.24, 2.45) is 0 Å². The van der Waals surface area contributed by atoms with Crippen molar-refractivity contribution in [1.82, 2.24) is 9.97 Å². The molecule has 6 heteroatoms. The average Bonchev–Trinajstić information content (AvgIpc) is 2.61. The van der Waals surface area contributed by atoms with Gasteiger partial charge in [0.15, 0.2) is 0 Å². The molecular formula is C20H17N3O3. The lowest BCUT2D eigenvalue weighted by Crippen LogP contribution is -2.46. The smallest absolute Gasteiger partial charge is 0.272 e. The molecule has 0 fully saturated rings. The zero-order chi connectivity index (χ0) is 18.5. The van der Waals surface area contributed by atoms with E-state index in [-0.39, 0.29) is 16.6 Å². The van der Waals surface area contributed by atoms with Gasteiger partial charge < -0.3 is 15.3 Å². The van der Waals surface area contributed by atoms with Crippen molar-refractivity contribution in [3.05, 3.63) is 97.1 Å². The maximum absolute atomic E-state index is 12.4. The number of hydrogen-bond donors (Lipinski definition) is 3. The largest absolute Gasteiger partial charge is 0.326 e. The summed E-state index contributed by atoms with van der Waals surface area (Å²) in [5, 5.41) is 2.97. The van der Waals surface area contributed by atoms with Gasteiger partial charge in [-0.15, -0.1) is 0 Å². The summed E-state index contributed by atoms with van der Waals surface area (Å²) in [6.07, 6.45) is 3.13. The highest BCUT2D eigenvalue weighted by Gasteiger charge is 2.02. The summed E-state index contributed by atoms with van der Waals surface area (Å²) in [5.74, 6) is -0.221. The molecule has 3 rings (SSSR count). The van der Waals surface area contributed by atoms with Gasteiger partial charge in [0.05, 0.1) is 0 Å². The predicted molar refractivity (Wildman–Crippen MR) is 101 cm³/mol. The quantitative estimate of drug-likeness (QED) is 0.650. The fourth-order valence-electron chi connectivity index (χ4n) is 2.49. The molecule has 1 amide bonds. The van der Waals surface area contributed by atoms with Gasteiger partial charge in [-0.2, -0.15) is 0 Å². The molecule has 6 nitrogen and oxygen atoms in total. The van der Waals surface area contributed by atoms with Crippen molar-refractivity contribution < 1.29 is 4.79 Å². The van der Waals surface area contributed by atoms with Crippen LogP contribution in [0.1, 0.15) is 18.1 Å². The normalized spacial score (nSPS) is 12.2. The molecule has 2 aromatic carbocycles. The molecule has 0 aliphatic rings. The first-order valence-electron chi connectivity index (χ1n) is 8.01. The Labute approximate surface area is 148 Å². The number of aromatic amines is 2. The number of benzene rings is 2. The molecule has 1 heterocycles. The van der Waals surface area contributed by atoms with E-state index in [2.05, 4.69) is 15.3 Å². The Morgan fingerprint density at radius 3 is 2.08 bits per heavy atom. The molecule has 3 aromatic rings. The molecule has 130 valence electrons. The minimum atomic E-state index is -0.426. The van der Waals surface area contributed by atoms with Crippen molar-refractivity contribution in [3.8, 4) is 0 Å². The van der Waals surface area contributed by atoms with Gasteiger partial charge in [-0.1, -0.05) is 48.5 Å². The van der Waals surface area contributed by atoms with E-state index in [1.54, 1.807) is 30.3 Å². The molecule has 0 aliphatic carbocycles. The van der Waals surface area contributed by atoms with Gasteiger partial charge >= 0.3 is 0 Å². The molecule has 0 saturated carbocycles. The zero-order valence-corrected chi connectivity index (χ0v) is 14.1. The predicted octanol–water partition coefficient (Wildman–Crippen LogP) is 0.679. The lowest BCUT2D eigenvalue weighted by molar-refractivity contribution is -0.114. The Balaban J connectivity index is 2.12. The monoisotopic (exact) mass is 347 g/mol. The number of rotatable bonds is 3. The first kappa shape index (κ1) is 17.2. The average molecular weight is 347 g/mol. The second-order valence-corrected chi connectivity index (χ2v) is 5.70. The summed E-state index contributed by atoms with van der Waals surface area (Å²) in [6.45, 7) is 1.40. The summed E-state index contributed by atoms with van der Waals surface area (Å²) >= 11 is 0.